The monoisotopic (exact) mass is 283 g/mol. The summed E-state index contributed by atoms with van der Waals surface area (Å²) >= 11 is 0. The molecule has 0 saturated heterocycles. The van der Waals surface area contributed by atoms with Crippen molar-refractivity contribution in [3.8, 4) is 0 Å². The molecule has 6 heteroatoms. The van der Waals surface area contributed by atoms with E-state index in [1.165, 1.54) is 18.2 Å². The van der Waals surface area contributed by atoms with E-state index in [-0.39, 0.29) is 5.82 Å². The Morgan fingerprint density at radius 3 is 2.70 bits per heavy atom. The third-order valence-corrected chi connectivity index (χ3v) is 2.35. The Morgan fingerprint density at radius 2 is 2.05 bits per heavy atom. The smallest absolute Gasteiger partial charge is 0.407 e. The quantitative estimate of drug-likeness (QED) is 0.573. The molecule has 0 fully saturated rings. The molecule has 0 unspecified atom stereocenters. The second-order valence-corrected chi connectivity index (χ2v) is 5.44. The van der Waals surface area contributed by atoms with E-state index in [0.717, 1.165) is 0 Å². The zero-order valence-corrected chi connectivity index (χ0v) is 12.1. The number of amides is 1. The molecule has 1 aromatic rings. The average Bonchev–Trinajstić information content (AvgIpc) is 2.30. The molecule has 4 N–H and O–H groups in total. The molecular formula is C14H22FN3O2. The Hall–Kier alpha value is -1.98. The number of nitrogen functional groups attached to an aromatic ring is 1. The number of alkyl carbamates (subject to hydrolysis) is 1. The maximum Gasteiger partial charge on any atom is 0.407 e. The molecule has 0 saturated carbocycles. The second kappa shape index (κ2) is 6.98. The molecule has 0 aromatic heterocycles. The van der Waals surface area contributed by atoms with Crippen molar-refractivity contribution in [1.29, 1.82) is 0 Å². The van der Waals surface area contributed by atoms with E-state index in [1.807, 2.05) is 0 Å². The van der Waals surface area contributed by atoms with Gasteiger partial charge in [0.25, 0.3) is 0 Å². The van der Waals surface area contributed by atoms with Gasteiger partial charge in [0.2, 0.25) is 0 Å². The van der Waals surface area contributed by atoms with Gasteiger partial charge in [-0.15, -0.1) is 0 Å². The summed E-state index contributed by atoms with van der Waals surface area (Å²) in [6, 6.07) is 4.16. The van der Waals surface area contributed by atoms with Crippen LogP contribution in [0.15, 0.2) is 18.2 Å². The number of hydrogen-bond donors (Lipinski definition) is 3. The van der Waals surface area contributed by atoms with Gasteiger partial charge in [-0.25, -0.2) is 9.18 Å². The first-order chi connectivity index (χ1) is 9.28. The number of hydrogen-bond acceptors (Lipinski definition) is 4. The van der Waals surface area contributed by atoms with Crippen molar-refractivity contribution >= 4 is 17.5 Å². The number of rotatable bonds is 5. The van der Waals surface area contributed by atoms with Crippen LogP contribution in [0.4, 0.5) is 20.6 Å². The molecule has 0 aliphatic carbocycles. The first-order valence-corrected chi connectivity index (χ1v) is 6.54. The molecule has 0 spiro atoms. The van der Waals surface area contributed by atoms with Gasteiger partial charge in [-0.1, -0.05) is 0 Å². The van der Waals surface area contributed by atoms with E-state index in [4.69, 9.17) is 10.5 Å². The molecule has 0 heterocycles. The number of benzene rings is 1. The van der Waals surface area contributed by atoms with E-state index in [2.05, 4.69) is 10.6 Å². The van der Waals surface area contributed by atoms with Crippen LogP contribution in [0.5, 0.6) is 0 Å². The van der Waals surface area contributed by atoms with Crippen molar-refractivity contribution in [2.75, 3.05) is 24.1 Å². The second-order valence-electron chi connectivity index (χ2n) is 5.44. The molecule has 112 valence electrons. The van der Waals surface area contributed by atoms with Crippen LogP contribution >= 0.6 is 0 Å². The van der Waals surface area contributed by atoms with E-state index >= 15 is 0 Å². The van der Waals surface area contributed by atoms with E-state index in [9.17, 15) is 9.18 Å². The maximum atomic E-state index is 13.0. The van der Waals surface area contributed by atoms with Gasteiger partial charge in [0, 0.05) is 13.1 Å². The molecule has 1 rings (SSSR count). The van der Waals surface area contributed by atoms with Gasteiger partial charge in [-0.05, 0) is 45.4 Å². The molecule has 5 nitrogen and oxygen atoms in total. The molecule has 0 aliphatic heterocycles. The summed E-state index contributed by atoms with van der Waals surface area (Å²) in [5.74, 6) is -0.339. The normalized spacial score (nSPS) is 11.0. The molecule has 0 atom stereocenters. The Morgan fingerprint density at radius 1 is 1.35 bits per heavy atom. The van der Waals surface area contributed by atoms with Gasteiger partial charge in [0.15, 0.2) is 0 Å². The number of halogens is 1. The summed E-state index contributed by atoms with van der Waals surface area (Å²) in [5, 5.41) is 5.66. The van der Waals surface area contributed by atoms with Crippen LogP contribution < -0.4 is 16.4 Å². The van der Waals surface area contributed by atoms with Gasteiger partial charge in [0.1, 0.15) is 11.4 Å². The average molecular weight is 283 g/mol. The van der Waals surface area contributed by atoms with Crippen molar-refractivity contribution in [2.45, 2.75) is 32.8 Å². The summed E-state index contributed by atoms with van der Waals surface area (Å²) in [5.41, 5.74) is 6.25. The third kappa shape index (κ3) is 6.26. The van der Waals surface area contributed by atoms with Crippen LogP contribution in [0.25, 0.3) is 0 Å². The summed E-state index contributed by atoms with van der Waals surface area (Å²) in [6.07, 6.45) is 0.234. The third-order valence-electron chi connectivity index (χ3n) is 2.35. The first-order valence-electron chi connectivity index (χ1n) is 6.54. The molecule has 0 aliphatic rings. The standard InChI is InChI=1S/C14H22FN3O2/c1-14(2,3)20-13(19)18-8-4-7-17-12-9-10(15)5-6-11(12)16/h5-6,9,17H,4,7-8,16H2,1-3H3,(H,18,19). The maximum absolute atomic E-state index is 13.0. The minimum Gasteiger partial charge on any atom is -0.444 e. The van der Waals surface area contributed by atoms with Crippen LogP contribution in [-0.2, 0) is 4.74 Å². The Kier molecular flexibility index (Phi) is 5.61. The highest BCUT2D eigenvalue weighted by atomic mass is 19.1. The molecule has 0 radical (unpaired) electrons. The van der Waals surface area contributed by atoms with Crippen molar-refractivity contribution in [3.05, 3.63) is 24.0 Å². The fourth-order valence-corrected chi connectivity index (χ4v) is 1.50. The Labute approximate surface area is 118 Å². The van der Waals surface area contributed by atoms with Crippen LogP contribution in [0, 0.1) is 5.82 Å². The number of carbonyl (C=O) groups is 1. The van der Waals surface area contributed by atoms with Crippen LogP contribution in [0.3, 0.4) is 0 Å². The number of ether oxygens (including phenoxy) is 1. The lowest BCUT2D eigenvalue weighted by molar-refractivity contribution is 0.0528. The number of carbonyl (C=O) groups excluding carboxylic acids is 1. The van der Waals surface area contributed by atoms with Crippen LogP contribution in [0.2, 0.25) is 0 Å². The fourth-order valence-electron chi connectivity index (χ4n) is 1.50. The zero-order chi connectivity index (χ0) is 15.2. The molecule has 0 bridgehead atoms. The highest BCUT2D eigenvalue weighted by molar-refractivity contribution is 5.67. The summed E-state index contributed by atoms with van der Waals surface area (Å²) in [6.45, 7) is 6.46. The fraction of sp³-hybridized carbons (Fsp3) is 0.500. The Balaban J connectivity index is 2.22. The number of nitrogens with one attached hydrogen (secondary N) is 2. The van der Waals surface area contributed by atoms with Crippen molar-refractivity contribution < 1.29 is 13.9 Å². The minimum atomic E-state index is -0.502. The van der Waals surface area contributed by atoms with E-state index in [1.54, 1.807) is 20.8 Å². The lowest BCUT2D eigenvalue weighted by Crippen LogP contribution is -2.33. The molecule has 1 aromatic carbocycles. The summed E-state index contributed by atoms with van der Waals surface area (Å²) in [4.78, 5) is 11.4. The summed E-state index contributed by atoms with van der Waals surface area (Å²) < 4.78 is 18.1. The van der Waals surface area contributed by atoms with Crippen LogP contribution in [0.1, 0.15) is 27.2 Å². The highest BCUT2D eigenvalue weighted by Crippen LogP contribution is 2.18. The molecule has 20 heavy (non-hydrogen) atoms. The predicted molar refractivity (Wildman–Crippen MR) is 78.2 cm³/mol. The van der Waals surface area contributed by atoms with E-state index < -0.39 is 11.7 Å². The van der Waals surface area contributed by atoms with Crippen molar-refractivity contribution in [3.63, 3.8) is 0 Å². The number of nitrogens with two attached hydrogens (primary N) is 1. The topological polar surface area (TPSA) is 76.4 Å². The number of anilines is 2. The van der Waals surface area contributed by atoms with Gasteiger partial charge >= 0.3 is 6.09 Å². The minimum absolute atomic E-state index is 0.339. The van der Waals surface area contributed by atoms with Crippen molar-refractivity contribution in [2.24, 2.45) is 0 Å². The van der Waals surface area contributed by atoms with Crippen LogP contribution in [-0.4, -0.2) is 24.8 Å². The van der Waals surface area contributed by atoms with Gasteiger partial charge in [-0.3, -0.25) is 0 Å². The van der Waals surface area contributed by atoms with Gasteiger partial charge in [0.05, 0.1) is 11.4 Å². The van der Waals surface area contributed by atoms with Crippen molar-refractivity contribution in [1.82, 2.24) is 5.32 Å². The lowest BCUT2D eigenvalue weighted by atomic mass is 10.2. The predicted octanol–water partition coefficient (Wildman–Crippen LogP) is 2.73. The highest BCUT2D eigenvalue weighted by Gasteiger charge is 2.15. The van der Waals surface area contributed by atoms with Gasteiger partial charge in [-0.2, -0.15) is 0 Å². The largest absolute Gasteiger partial charge is 0.444 e. The SMILES string of the molecule is CC(C)(C)OC(=O)NCCCNc1cc(F)ccc1N. The van der Waals surface area contributed by atoms with E-state index in [0.29, 0.717) is 30.9 Å². The molecule has 1 amide bonds. The zero-order valence-electron chi connectivity index (χ0n) is 12.1. The lowest BCUT2D eigenvalue weighted by Gasteiger charge is -2.19. The molecular weight excluding hydrogens is 261 g/mol. The Bertz CT molecular complexity index is 458. The first kappa shape index (κ1) is 16.1. The van der Waals surface area contributed by atoms with Gasteiger partial charge < -0.3 is 21.1 Å². The summed E-state index contributed by atoms with van der Waals surface area (Å²) in [7, 11) is 0.